The average molecular weight is 354 g/mol. The van der Waals surface area contributed by atoms with Crippen LogP contribution in [-0.2, 0) is 10.0 Å². The summed E-state index contributed by atoms with van der Waals surface area (Å²) in [5.41, 5.74) is 0. The molecule has 0 aromatic heterocycles. The van der Waals surface area contributed by atoms with Crippen molar-refractivity contribution < 1.29 is 17.2 Å². The third-order valence-corrected chi connectivity index (χ3v) is 5.84. The van der Waals surface area contributed by atoms with Gasteiger partial charge in [0.25, 0.3) is 10.0 Å². The maximum atomic E-state index is 12.5. The second kappa shape index (κ2) is 8.77. The zero-order valence-electron chi connectivity index (χ0n) is 14.2. The highest BCUT2D eigenvalue weighted by atomic mass is 32.2. The zero-order chi connectivity index (χ0) is 17.6. The third-order valence-electron chi connectivity index (χ3n) is 4.30. The molecular formula is C14H28F2N4O2S. The Morgan fingerprint density at radius 3 is 2.26 bits per heavy atom. The maximum Gasteiger partial charge on any atom is 0.350 e. The van der Waals surface area contributed by atoms with Gasteiger partial charge in [-0.25, -0.2) is 8.42 Å². The van der Waals surface area contributed by atoms with Crippen LogP contribution in [-0.4, -0.2) is 57.2 Å². The van der Waals surface area contributed by atoms with Crippen molar-refractivity contribution in [3.8, 4) is 0 Å². The fraction of sp³-hybridized carbons (Fsp3) is 0.929. The highest BCUT2D eigenvalue weighted by Crippen LogP contribution is 2.22. The van der Waals surface area contributed by atoms with Crippen LogP contribution in [0.4, 0.5) is 8.78 Å². The molecule has 1 rings (SSSR count). The lowest BCUT2D eigenvalue weighted by Gasteiger charge is -2.31. The first-order valence-corrected chi connectivity index (χ1v) is 9.43. The van der Waals surface area contributed by atoms with Crippen molar-refractivity contribution in [3.63, 3.8) is 0 Å². The Hall–Kier alpha value is -0.960. The number of guanidine groups is 1. The van der Waals surface area contributed by atoms with E-state index < -0.39 is 15.8 Å². The van der Waals surface area contributed by atoms with E-state index in [0.717, 1.165) is 4.31 Å². The molecule has 0 saturated carbocycles. The molecule has 0 aromatic carbocycles. The summed E-state index contributed by atoms with van der Waals surface area (Å²) in [5.74, 6) is -1.92. The molecule has 1 unspecified atom stereocenters. The van der Waals surface area contributed by atoms with Crippen molar-refractivity contribution in [1.82, 2.24) is 14.9 Å². The van der Waals surface area contributed by atoms with Crippen LogP contribution in [0.25, 0.3) is 0 Å². The van der Waals surface area contributed by atoms with E-state index >= 15 is 0 Å². The highest BCUT2D eigenvalue weighted by Gasteiger charge is 2.34. The summed E-state index contributed by atoms with van der Waals surface area (Å²) >= 11 is 0. The molecule has 0 radical (unpaired) electrons. The molecule has 0 aliphatic carbocycles. The summed E-state index contributed by atoms with van der Waals surface area (Å²) in [6.07, 6.45) is 1.13. The fourth-order valence-corrected chi connectivity index (χ4v) is 3.24. The number of piperidine rings is 1. The summed E-state index contributed by atoms with van der Waals surface area (Å²) in [7, 11) is -2.75. The summed E-state index contributed by atoms with van der Waals surface area (Å²) in [6.45, 7) is 7.24. The first-order chi connectivity index (χ1) is 10.7. The second-order valence-corrected chi connectivity index (χ2v) is 8.18. The molecular weight excluding hydrogens is 326 g/mol. The average Bonchev–Trinajstić information content (AvgIpc) is 2.51. The smallest absolute Gasteiger partial charge is 0.350 e. The van der Waals surface area contributed by atoms with Crippen molar-refractivity contribution in [2.45, 2.75) is 45.4 Å². The summed E-state index contributed by atoms with van der Waals surface area (Å²) in [6, 6.07) is 0.277. The minimum atomic E-state index is -4.44. The monoisotopic (exact) mass is 354 g/mol. The van der Waals surface area contributed by atoms with E-state index in [4.69, 9.17) is 0 Å². The molecule has 1 aliphatic heterocycles. The first kappa shape index (κ1) is 20.1. The third kappa shape index (κ3) is 5.87. The van der Waals surface area contributed by atoms with Crippen LogP contribution in [0.3, 0.4) is 0 Å². The molecule has 1 atom stereocenters. The molecule has 0 spiro atoms. The number of hydrogen-bond acceptors (Lipinski definition) is 3. The van der Waals surface area contributed by atoms with Gasteiger partial charge in [0.05, 0.1) is 0 Å². The second-order valence-electron chi connectivity index (χ2n) is 6.28. The van der Waals surface area contributed by atoms with Gasteiger partial charge in [0.15, 0.2) is 5.96 Å². The normalized spacial score (nSPS) is 20.1. The van der Waals surface area contributed by atoms with Crippen molar-refractivity contribution in [2.24, 2.45) is 16.8 Å². The van der Waals surface area contributed by atoms with Crippen LogP contribution in [0.1, 0.15) is 33.6 Å². The standard InChI is InChI=1S/C14H28F2N4O2S/c1-10(2)11(3)19-14(17-4)18-9-12-5-7-20(8-6-12)23(21,22)13(15)16/h10-13H,5-9H2,1-4H3,(H2,17,18,19). The quantitative estimate of drug-likeness (QED) is 0.559. The lowest BCUT2D eigenvalue weighted by molar-refractivity contribution is 0.204. The Morgan fingerprint density at radius 1 is 1.26 bits per heavy atom. The van der Waals surface area contributed by atoms with Gasteiger partial charge >= 0.3 is 5.76 Å². The summed E-state index contributed by atoms with van der Waals surface area (Å²) in [5, 5.41) is 6.51. The lowest BCUT2D eigenvalue weighted by atomic mass is 9.98. The van der Waals surface area contributed by atoms with E-state index in [0.29, 0.717) is 31.3 Å². The highest BCUT2D eigenvalue weighted by molar-refractivity contribution is 7.89. The lowest BCUT2D eigenvalue weighted by Crippen LogP contribution is -2.47. The van der Waals surface area contributed by atoms with Gasteiger partial charge in [0.2, 0.25) is 0 Å². The van der Waals surface area contributed by atoms with E-state index in [-0.39, 0.29) is 25.0 Å². The van der Waals surface area contributed by atoms with Crippen molar-refractivity contribution in [1.29, 1.82) is 0 Å². The molecule has 1 aliphatic rings. The van der Waals surface area contributed by atoms with Gasteiger partial charge < -0.3 is 10.6 Å². The number of aliphatic imine (C=N–C) groups is 1. The number of rotatable bonds is 6. The van der Waals surface area contributed by atoms with E-state index in [1.54, 1.807) is 7.05 Å². The van der Waals surface area contributed by atoms with Gasteiger partial charge in [-0.1, -0.05) is 13.8 Å². The Morgan fingerprint density at radius 2 is 1.83 bits per heavy atom. The van der Waals surface area contributed by atoms with E-state index in [2.05, 4.69) is 36.4 Å². The molecule has 9 heteroatoms. The Labute approximate surface area is 137 Å². The van der Waals surface area contributed by atoms with Crippen molar-refractivity contribution >= 4 is 16.0 Å². The molecule has 6 nitrogen and oxygen atoms in total. The minimum absolute atomic E-state index is 0.146. The first-order valence-electron chi connectivity index (χ1n) is 7.92. The number of nitrogens with one attached hydrogen (secondary N) is 2. The molecule has 1 heterocycles. The number of hydrogen-bond donors (Lipinski definition) is 2. The van der Waals surface area contributed by atoms with Gasteiger partial charge in [0.1, 0.15) is 0 Å². The predicted molar refractivity (Wildman–Crippen MR) is 88.0 cm³/mol. The van der Waals surface area contributed by atoms with Crippen LogP contribution in [0.2, 0.25) is 0 Å². The van der Waals surface area contributed by atoms with E-state index in [1.807, 2.05) is 0 Å². The number of halogens is 2. The van der Waals surface area contributed by atoms with Gasteiger partial charge in [-0.2, -0.15) is 13.1 Å². The molecule has 1 fully saturated rings. The number of nitrogens with zero attached hydrogens (tertiary/aromatic N) is 2. The van der Waals surface area contributed by atoms with Crippen LogP contribution in [0.5, 0.6) is 0 Å². The zero-order valence-corrected chi connectivity index (χ0v) is 15.0. The Bertz CT molecular complexity index is 489. The molecule has 2 N–H and O–H groups in total. The summed E-state index contributed by atoms with van der Waals surface area (Å²) in [4.78, 5) is 4.16. The SMILES string of the molecule is CN=C(NCC1CCN(S(=O)(=O)C(F)F)CC1)NC(C)C(C)C. The maximum absolute atomic E-state index is 12.5. The van der Waals surface area contributed by atoms with E-state index in [1.165, 1.54) is 0 Å². The van der Waals surface area contributed by atoms with E-state index in [9.17, 15) is 17.2 Å². The molecule has 0 aromatic rings. The number of alkyl halides is 2. The Balaban J connectivity index is 2.42. The predicted octanol–water partition coefficient (Wildman–Crippen LogP) is 1.46. The van der Waals surface area contributed by atoms with Gasteiger partial charge in [-0.05, 0) is 31.6 Å². The van der Waals surface area contributed by atoms with Crippen LogP contribution < -0.4 is 10.6 Å². The molecule has 23 heavy (non-hydrogen) atoms. The summed E-state index contributed by atoms with van der Waals surface area (Å²) < 4.78 is 48.8. The van der Waals surface area contributed by atoms with Gasteiger partial charge in [0, 0.05) is 32.7 Å². The van der Waals surface area contributed by atoms with Crippen LogP contribution in [0, 0.1) is 11.8 Å². The minimum Gasteiger partial charge on any atom is -0.356 e. The van der Waals surface area contributed by atoms with Crippen molar-refractivity contribution in [2.75, 3.05) is 26.7 Å². The van der Waals surface area contributed by atoms with Gasteiger partial charge in [-0.3, -0.25) is 4.99 Å². The van der Waals surface area contributed by atoms with Crippen molar-refractivity contribution in [3.05, 3.63) is 0 Å². The molecule has 0 bridgehead atoms. The van der Waals surface area contributed by atoms with Crippen LogP contribution in [0.15, 0.2) is 4.99 Å². The van der Waals surface area contributed by atoms with Gasteiger partial charge in [-0.15, -0.1) is 0 Å². The molecule has 136 valence electrons. The molecule has 0 amide bonds. The molecule has 1 saturated heterocycles. The topological polar surface area (TPSA) is 73.8 Å². The van der Waals surface area contributed by atoms with Crippen LogP contribution >= 0.6 is 0 Å². The fourth-order valence-electron chi connectivity index (χ4n) is 2.30. The largest absolute Gasteiger partial charge is 0.356 e. The number of sulfonamides is 1. The Kier molecular flexibility index (Phi) is 7.66.